The van der Waals surface area contributed by atoms with E-state index in [4.69, 9.17) is 11.6 Å². The van der Waals surface area contributed by atoms with Crippen molar-refractivity contribution < 1.29 is 4.92 Å². The van der Waals surface area contributed by atoms with Crippen molar-refractivity contribution in [2.45, 2.75) is 13.5 Å². The molecule has 0 aliphatic rings. The topological polar surface area (TPSA) is 59.3 Å². The molecule has 0 saturated carbocycles. The van der Waals surface area contributed by atoms with E-state index in [1.165, 1.54) is 12.3 Å². The zero-order valence-corrected chi connectivity index (χ0v) is 12.0. The van der Waals surface area contributed by atoms with Gasteiger partial charge < -0.3 is 4.90 Å². The van der Waals surface area contributed by atoms with Crippen molar-refractivity contribution in [1.29, 1.82) is 0 Å². The van der Waals surface area contributed by atoms with Crippen LogP contribution in [-0.2, 0) is 6.54 Å². The third kappa shape index (κ3) is 3.24. The number of nitro groups is 1. The second-order valence-electron chi connectivity index (χ2n) is 4.58. The number of pyridine rings is 1. The molecule has 1 aromatic carbocycles. The number of hydrogen-bond acceptors (Lipinski definition) is 4. The van der Waals surface area contributed by atoms with Gasteiger partial charge >= 0.3 is 0 Å². The number of hydrogen-bond donors (Lipinski definition) is 0. The lowest BCUT2D eigenvalue weighted by Crippen LogP contribution is -2.18. The number of halogens is 1. The fraction of sp³-hybridized carbons (Fsp3) is 0.214. The summed E-state index contributed by atoms with van der Waals surface area (Å²) in [6, 6.07) is 9.10. The van der Waals surface area contributed by atoms with Crippen LogP contribution >= 0.6 is 11.6 Å². The van der Waals surface area contributed by atoms with Crippen molar-refractivity contribution in [3.05, 3.63) is 62.8 Å². The van der Waals surface area contributed by atoms with Crippen LogP contribution in [-0.4, -0.2) is 17.0 Å². The Bertz CT molecular complexity index is 646. The minimum atomic E-state index is -0.444. The molecule has 20 heavy (non-hydrogen) atoms. The van der Waals surface area contributed by atoms with E-state index >= 15 is 0 Å². The molecule has 0 saturated heterocycles. The van der Waals surface area contributed by atoms with Gasteiger partial charge in [0.25, 0.3) is 5.69 Å². The van der Waals surface area contributed by atoms with E-state index in [-0.39, 0.29) is 5.69 Å². The highest BCUT2D eigenvalue weighted by molar-refractivity contribution is 6.30. The van der Waals surface area contributed by atoms with E-state index in [2.05, 4.69) is 4.98 Å². The highest BCUT2D eigenvalue weighted by atomic mass is 35.5. The average molecular weight is 292 g/mol. The predicted molar refractivity (Wildman–Crippen MR) is 79.2 cm³/mol. The molecular formula is C14H14ClN3O2. The third-order valence-corrected chi connectivity index (χ3v) is 3.15. The Balaban J connectivity index is 2.21. The van der Waals surface area contributed by atoms with Gasteiger partial charge in [0.05, 0.1) is 4.92 Å². The first-order valence-corrected chi connectivity index (χ1v) is 6.42. The van der Waals surface area contributed by atoms with Gasteiger partial charge in [0.15, 0.2) is 0 Å². The molecular weight excluding hydrogens is 278 g/mol. The van der Waals surface area contributed by atoms with Gasteiger partial charge in [-0.3, -0.25) is 10.1 Å². The Morgan fingerprint density at radius 1 is 1.40 bits per heavy atom. The largest absolute Gasteiger partial charge is 0.355 e. The van der Waals surface area contributed by atoms with Crippen LogP contribution < -0.4 is 4.90 Å². The molecule has 1 heterocycles. The fourth-order valence-electron chi connectivity index (χ4n) is 2.04. The number of rotatable bonds is 4. The number of aromatic nitrogens is 1. The summed E-state index contributed by atoms with van der Waals surface area (Å²) in [6.45, 7) is 2.44. The van der Waals surface area contributed by atoms with Crippen LogP contribution in [0.2, 0.25) is 5.02 Å². The molecule has 0 unspecified atom stereocenters. The summed E-state index contributed by atoms with van der Waals surface area (Å²) in [7, 11) is 1.89. The summed E-state index contributed by atoms with van der Waals surface area (Å²) in [5, 5.41) is 11.4. The highest BCUT2D eigenvalue weighted by Crippen LogP contribution is 2.22. The SMILES string of the molecule is Cc1cc([N+](=O)[O-])cnc1N(C)Cc1cccc(Cl)c1. The van der Waals surface area contributed by atoms with Crippen LogP contribution in [0.15, 0.2) is 36.5 Å². The average Bonchev–Trinajstić information content (AvgIpc) is 2.38. The molecule has 2 aromatic rings. The van der Waals surface area contributed by atoms with Crippen molar-refractivity contribution in [2.24, 2.45) is 0 Å². The van der Waals surface area contributed by atoms with Crippen LogP contribution in [0.4, 0.5) is 11.5 Å². The molecule has 0 radical (unpaired) electrons. The van der Waals surface area contributed by atoms with Gasteiger partial charge in [-0.25, -0.2) is 4.98 Å². The van der Waals surface area contributed by atoms with Crippen LogP contribution in [0.3, 0.4) is 0 Å². The predicted octanol–water partition coefficient (Wildman–Crippen LogP) is 3.59. The van der Waals surface area contributed by atoms with Crippen molar-refractivity contribution in [3.8, 4) is 0 Å². The summed E-state index contributed by atoms with van der Waals surface area (Å²) < 4.78 is 0. The van der Waals surface area contributed by atoms with Crippen molar-refractivity contribution in [3.63, 3.8) is 0 Å². The molecule has 0 atom stereocenters. The first kappa shape index (κ1) is 14.3. The number of benzene rings is 1. The van der Waals surface area contributed by atoms with Crippen LogP contribution in [0.25, 0.3) is 0 Å². The molecule has 2 rings (SSSR count). The number of nitrogens with zero attached hydrogens (tertiary/aromatic N) is 3. The Hall–Kier alpha value is -2.14. The molecule has 5 nitrogen and oxygen atoms in total. The zero-order valence-electron chi connectivity index (χ0n) is 11.2. The van der Waals surface area contributed by atoms with E-state index in [0.717, 1.165) is 16.9 Å². The van der Waals surface area contributed by atoms with E-state index in [9.17, 15) is 10.1 Å². The van der Waals surface area contributed by atoms with Gasteiger partial charge in [0, 0.05) is 24.7 Å². The first-order chi connectivity index (χ1) is 9.47. The standard InChI is InChI=1S/C14H14ClN3O2/c1-10-6-13(18(19)20)8-16-14(10)17(2)9-11-4-3-5-12(15)7-11/h3-8H,9H2,1-2H3. The smallest absolute Gasteiger partial charge is 0.287 e. The summed E-state index contributed by atoms with van der Waals surface area (Å²) in [5.41, 5.74) is 1.82. The van der Waals surface area contributed by atoms with E-state index in [1.807, 2.05) is 43.1 Å². The Labute approximate surface area is 122 Å². The fourth-order valence-corrected chi connectivity index (χ4v) is 2.25. The van der Waals surface area contributed by atoms with E-state index in [1.54, 1.807) is 0 Å². The third-order valence-electron chi connectivity index (χ3n) is 2.92. The molecule has 0 spiro atoms. The monoisotopic (exact) mass is 291 g/mol. The first-order valence-electron chi connectivity index (χ1n) is 6.04. The van der Waals surface area contributed by atoms with Crippen LogP contribution in [0.1, 0.15) is 11.1 Å². The van der Waals surface area contributed by atoms with Gasteiger partial charge in [-0.05, 0) is 30.2 Å². The van der Waals surface area contributed by atoms with Crippen LogP contribution in [0.5, 0.6) is 0 Å². The van der Waals surface area contributed by atoms with E-state index in [0.29, 0.717) is 11.6 Å². The second-order valence-corrected chi connectivity index (χ2v) is 5.01. The summed E-state index contributed by atoms with van der Waals surface area (Å²) in [6.07, 6.45) is 1.27. The van der Waals surface area contributed by atoms with Gasteiger partial charge in [0.2, 0.25) is 0 Å². The highest BCUT2D eigenvalue weighted by Gasteiger charge is 2.12. The Kier molecular flexibility index (Phi) is 4.20. The van der Waals surface area contributed by atoms with Gasteiger partial charge in [-0.2, -0.15) is 0 Å². The Morgan fingerprint density at radius 3 is 2.75 bits per heavy atom. The minimum absolute atomic E-state index is 0.00223. The molecule has 1 aromatic heterocycles. The number of aryl methyl sites for hydroxylation is 1. The van der Waals surface area contributed by atoms with Gasteiger partial charge in [0.1, 0.15) is 12.0 Å². The van der Waals surface area contributed by atoms with Crippen molar-refractivity contribution in [2.75, 3.05) is 11.9 Å². The molecule has 0 aliphatic carbocycles. The summed E-state index contributed by atoms with van der Waals surface area (Å²) in [5.74, 6) is 0.718. The molecule has 0 bridgehead atoms. The minimum Gasteiger partial charge on any atom is -0.355 e. The molecule has 0 aliphatic heterocycles. The van der Waals surface area contributed by atoms with Crippen molar-refractivity contribution in [1.82, 2.24) is 4.98 Å². The van der Waals surface area contributed by atoms with E-state index < -0.39 is 4.92 Å². The molecule has 104 valence electrons. The maximum Gasteiger partial charge on any atom is 0.287 e. The lowest BCUT2D eigenvalue weighted by molar-refractivity contribution is -0.385. The zero-order chi connectivity index (χ0) is 14.7. The molecule has 0 amide bonds. The van der Waals surface area contributed by atoms with Gasteiger partial charge in [-0.1, -0.05) is 23.7 Å². The Morgan fingerprint density at radius 2 is 2.15 bits per heavy atom. The normalized spacial score (nSPS) is 10.3. The maximum absolute atomic E-state index is 10.7. The van der Waals surface area contributed by atoms with Crippen LogP contribution in [0, 0.1) is 17.0 Å². The lowest BCUT2D eigenvalue weighted by Gasteiger charge is -2.20. The number of anilines is 1. The van der Waals surface area contributed by atoms with Crippen molar-refractivity contribution >= 4 is 23.1 Å². The molecule has 0 N–H and O–H groups in total. The van der Waals surface area contributed by atoms with Gasteiger partial charge in [-0.15, -0.1) is 0 Å². The molecule has 6 heteroatoms. The summed E-state index contributed by atoms with van der Waals surface area (Å²) in [4.78, 5) is 16.4. The lowest BCUT2D eigenvalue weighted by atomic mass is 10.2. The maximum atomic E-state index is 10.7. The molecule has 0 fully saturated rings. The quantitative estimate of drug-likeness (QED) is 0.638. The second kappa shape index (κ2) is 5.88. The summed E-state index contributed by atoms with van der Waals surface area (Å²) >= 11 is 5.95.